The number of nitrogens with zero attached hydrogens (tertiary/aromatic N) is 2. The van der Waals surface area contributed by atoms with Gasteiger partial charge >= 0.3 is 0 Å². The molecule has 3 heterocycles. The highest BCUT2D eigenvalue weighted by Gasteiger charge is 2.29. The van der Waals surface area contributed by atoms with Crippen LogP contribution in [0.1, 0.15) is 22.5 Å². The molecule has 1 unspecified atom stereocenters. The summed E-state index contributed by atoms with van der Waals surface area (Å²) in [5.74, 6) is 0.151. The van der Waals surface area contributed by atoms with Gasteiger partial charge in [0.25, 0.3) is 5.91 Å². The molecule has 1 aliphatic heterocycles. The van der Waals surface area contributed by atoms with Crippen molar-refractivity contribution in [3.8, 4) is 0 Å². The van der Waals surface area contributed by atoms with Crippen LogP contribution in [0.25, 0.3) is 11.0 Å². The summed E-state index contributed by atoms with van der Waals surface area (Å²) in [4.78, 5) is 35.1. The molecular formula is C18H18N4O2S. The van der Waals surface area contributed by atoms with E-state index >= 15 is 0 Å². The van der Waals surface area contributed by atoms with E-state index in [0.29, 0.717) is 19.0 Å². The monoisotopic (exact) mass is 354 g/mol. The van der Waals surface area contributed by atoms with Crippen molar-refractivity contribution in [2.75, 3.05) is 18.4 Å². The molecule has 7 heteroatoms. The number of fused-ring (bicyclic) bond motifs is 1. The standard InChI is InChI=1S/C18H18N4O2S/c23-16(21-18-19-13-6-1-2-7-14(13)20-18)12-5-3-9-22(11-12)17(24)15-8-4-10-25-15/h1-2,4,6-8,10,12H,3,5,9,11H2,(H2,19,20,21,23). The lowest BCUT2D eigenvalue weighted by molar-refractivity contribution is -0.121. The summed E-state index contributed by atoms with van der Waals surface area (Å²) in [5, 5.41) is 4.75. The van der Waals surface area contributed by atoms with Gasteiger partial charge in [-0.15, -0.1) is 11.3 Å². The zero-order chi connectivity index (χ0) is 17.2. The van der Waals surface area contributed by atoms with Gasteiger partial charge in [0.05, 0.1) is 21.8 Å². The molecule has 1 aliphatic rings. The molecule has 1 saturated heterocycles. The van der Waals surface area contributed by atoms with Gasteiger partial charge in [0.15, 0.2) is 0 Å². The van der Waals surface area contributed by atoms with Gasteiger partial charge in [-0.25, -0.2) is 4.98 Å². The van der Waals surface area contributed by atoms with Crippen molar-refractivity contribution in [3.63, 3.8) is 0 Å². The van der Waals surface area contributed by atoms with E-state index in [1.165, 1.54) is 11.3 Å². The van der Waals surface area contributed by atoms with E-state index in [2.05, 4.69) is 15.3 Å². The Kier molecular flexibility index (Phi) is 4.23. The van der Waals surface area contributed by atoms with Crippen LogP contribution < -0.4 is 5.32 Å². The molecule has 2 aromatic heterocycles. The van der Waals surface area contributed by atoms with E-state index in [4.69, 9.17) is 0 Å². The molecule has 0 radical (unpaired) electrons. The van der Waals surface area contributed by atoms with Crippen molar-refractivity contribution >= 4 is 40.1 Å². The lowest BCUT2D eigenvalue weighted by Crippen LogP contribution is -2.43. The van der Waals surface area contributed by atoms with Crippen molar-refractivity contribution in [2.24, 2.45) is 5.92 Å². The molecule has 0 spiro atoms. The Labute approximate surface area is 148 Å². The molecule has 3 aromatic rings. The van der Waals surface area contributed by atoms with Gasteiger partial charge in [-0.1, -0.05) is 18.2 Å². The van der Waals surface area contributed by atoms with Gasteiger partial charge in [-0.2, -0.15) is 0 Å². The highest BCUT2D eigenvalue weighted by molar-refractivity contribution is 7.12. The van der Waals surface area contributed by atoms with Gasteiger partial charge in [0.2, 0.25) is 11.9 Å². The topological polar surface area (TPSA) is 78.1 Å². The number of H-pyrrole nitrogens is 1. The maximum absolute atomic E-state index is 12.6. The first-order chi connectivity index (χ1) is 12.2. The molecule has 2 amide bonds. The third-order valence-corrected chi connectivity index (χ3v) is 5.30. The second-order valence-electron chi connectivity index (χ2n) is 6.16. The minimum absolute atomic E-state index is 0.0104. The number of aromatic amines is 1. The van der Waals surface area contributed by atoms with Crippen molar-refractivity contribution in [3.05, 3.63) is 46.7 Å². The average molecular weight is 354 g/mol. The summed E-state index contributed by atoms with van der Waals surface area (Å²) in [6.07, 6.45) is 1.61. The fourth-order valence-corrected chi connectivity index (χ4v) is 3.85. The maximum Gasteiger partial charge on any atom is 0.263 e. The Morgan fingerprint density at radius 3 is 2.92 bits per heavy atom. The minimum atomic E-state index is -0.217. The lowest BCUT2D eigenvalue weighted by Gasteiger charge is -2.31. The summed E-state index contributed by atoms with van der Waals surface area (Å²) in [7, 11) is 0. The molecule has 1 aromatic carbocycles. The number of nitrogens with one attached hydrogen (secondary N) is 2. The maximum atomic E-state index is 12.6. The fraction of sp³-hybridized carbons (Fsp3) is 0.278. The van der Waals surface area contributed by atoms with E-state index in [1.807, 2.05) is 41.8 Å². The van der Waals surface area contributed by atoms with Crippen LogP contribution >= 0.6 is 11.3 Å². The number of carbonyl (C=O) groups is 2. The van der Waals surface area contributed by atoms with Crippen LogP contribution in [0.4, 0.5) is 5.95 Å². The molecule has 0 saturated carbocycles. The number of para-hydroxylation sites is 2. The number of amides is 2. The molecule has 4 rings (SSSR count). The zero-order valence-corrected chi connectivity index (χ0v) is 14.4. The Morgan fingerprint density at radius 1 is 1.24 bits per heavy atom. The SMILES string of the molecule is O=C(Nc1nc2ccccc2[nH]1)C1CCCN(C(=O)c2cccs2)C1. The van der Waals surface area contributed by atoms with Crippen LogP contribution in [0, 0.1) is 5.92 Å². The number of carbonyl (C=O) groups excluding carboxylic acids is 2. The van der Waals surface area contributed by atoms with Crippen molar-refractivity contribution in [1.29, 1.82) is 0 Å². The van der Waals surface area contributed by atoms with E-state index in [9.17, 15) is 9.59 Å². The number of hydrogen-bond acceptors (Lipinski definition) is 4. The summed E-state index contributed by atoms with van der Waals surface area (Å²) < 4.78 is 0. The molecule has 0 bridgehead atoms. The average Bonchev–Trinajstić information content (AvgIpc) is 3.30. The Morgan fingerprint density at radius 2 is 2.12 bits per heavy atom. The second-order valence-corrected chi connectivity index (χ2v) is 7.11. The van der Waals surface area contributed by atoms with Crippen LogP contribution in [0.5, 0.6) is 0 Å². The Bertz CT molecular complexity index is 870. The normalized spacial score (nSPS) is 17.6. The second kappa shape index (κ2) is 6.68. The van der Waals surface area contributed by atoms with Crippen LogP contribution in [0.2, 0.25) is 0 Å². The van der Waals surface area contributed by atoms with E-state index in [1.54, 1.807) is 4.90 Å². The number of thiophene rings is 1. The largest absolute Gasteiger partial charge is 0.337 e. The predicted octanol–water partition coefficient (Wildman–Crippen LogP) is 3.12. The number of imidazole rings is 1. The highest BCUT2D eigenvalue weighted by atomic mass is 32.1. The molecular weight excluding hydrogens is 336 g/mol. The van der Waals surface area contributed by atoms with Crippen LogP contribution in [0.3, 0.4) is 0 Å². The number of benzene rings is 1. The smallest absolute Gasteiger partial charge is 0.263 e. The summed E-state index contributed by atoms with van der Waals surface area (Å²) in [6.45, 7) is 1.15. The molecule has 1 atom stereocenters. The van der Waals surface area contributed by atoms with E-state index < -0.39 is 0 Å². The van der Waals surface area contributed by atoms with Gasteiger partial charge < -0.3 is 9.88 Å². The lowest BCUT2D eigenvalue weighted by atomic mass is 9.97. The van der Waals surface area contributed by atoms with Crippen molar-refractivity contribution < 1.29 is 9.59 Å². The van der Waals surface area contributed by atoms with Gasteiger partial charge in [-0.05, 0) is 36.4 Å². The number of likely N-dealkylation sites (tertiary alicyclic amines) is 1. The Hall–Kier alpha value is -2.67. The molecule has 0 aliphatic carbocycles. The predicted molar refractivity (Wildman–Crippen MR) is 97.7 cm³/mol. The summed E-state index contributed by atoms with van der Waals surface area (Å²) in [5.41, 5.74) is 1.70. The van der Waals surface area contributed by atoms with Crippen LogP contribution in [0.15, 0.2) is 41.8 Å². The van der Waals surface area contributed by atoms with Crippen molar-refractivity contribution in [1.82, 2.24) is 14.9 Å². The van der Waals surface area contributed by atoms with Gasteiger partial charge in [0, 0.05) is 13.1 Å². The number of piperidine rings is 1. The number of aromatic nitrogens is 2. The number of anilines is 1. The molecule has 1 fully saturated rings. The van der Waals surface area contributed by atoms with Gasteiger partial charge in [-0.3, -0.25) is 14.9 Å². The molecule has 6 nitrogen and oxygen atoms in total. The third-order valence-electron chi connectivity index (χ3n) is 4.44. The summed E-state index contributed by atoms with van der Waals surface area (Å²) in [6, 6.07) is 11.3. The number of hydrogen-bond donors (Lipinski definition) is 2. The van der Waals surface area contributed by atoms with E-state index in [0.717, 1.165) is 28.8 Å². The summed E-state index contributed by atoms with van der Waals surface area (Å²) >= 11 is 1.43. The molecule has 128 valence electrons. The number of rotatable bonds is 3. The quantitative estimate of drug-likeness (QED) is 0.758. The Balaban J connectivity index is 1.43. The zero-order valence-electron chi connectivity index (χ0n) is 13.6. The minimum Gasteiger partial charge on any atom is -0.337 e. The van der Waals surface area contributed by atoms with Crippen LogP contribution in [-0.4, -0.2) is 39.8 Å². The molecule has 2 N–H and O–H groups in total. The first-order valence-electron chi connectivity index (χ1n) is 8.29. The van der Waals surface area contributed by atoms with E-state index in [-0.39, 0.29) is 17.7 Å². The first kappa shape index (κ1) is 15.8. The first-order valence-corrected chi connectivity index (χ1v) is 9.17. The third kappa shape index (κ3) is 3.28. The molecule has 25 heavy (non-hydrogen) atoms. The fourth-order valence-electron chi connectivity index (χ4n) is 3.16. The highest BCUT2D eigenvalue weighted by Crippen LogP contribution is 2.22. The van der Waals surface area contributed by atoms with Crippen molar-refractivity contribution in [2.45, 2.75) is 12.8 Å². The van der Waals surface area contributed by atoms with Gasteiger partial charge in [0.1, 0.15) is 0 Å². The van der Waals surface area contributed by atoms with Crippen LogP contribution in [-0.2, 0) is 4.79 Å².